The lowest BCUT2D eigenvalue weighted by Gasteiger charge is -2.24. The molecule has 1 aliphatic heterocycles. The maximum atomic E-state index is 13.6. The molecule has 0 saturated heterocycles. The van der Waals surface area contributed by atoms with Crippen LogP contribution in [-0.2, 0) is 21.2 Å². The molecule has 0 atom stereocenters. The zero-order valence-corrected chi connectivity index (χ0v) is 20.9. The van der Waals surface area contributed by atoms with Crippen LogP contribution in [0.15, 0.2) is 71.6 Å². The van der Waals surface area contributed by atoms with E-state index in [0.717, 1.165) is 9.87 Å². The summed E-state index contributed by atoms with van der Waals surface area (Å²) in [6.45, 7) is 0.449. The van der Waals surface area contributed by atoms with E-state index in [2.05, 4.69) is 5.32 Å². The number of carbonyl (C=O) groups excluding carboxylic acids is 1. The molecule has 1 amide bonds. The molecule has 4 rings (SSSR count). The van der Waals surface area contributed by atoms with Crippen molar-refractivity contribution in [3.8, 4) is 23.0 Å². The maximum Gasteiger partial charge on any atom is 0.243 e. The van der Waals surface area contributed by atoms with Gasteiger partial charge >= 0.3 is 0 Å². The van der Waals surface area contributed by atoms with E-state index in [1.165, 1.54) is 26.4 Å². The van der Waals surface area contributed by atoms with Crippen LogP contribution in [0.1, 0.15) is 5.56 Å². The van der Waals surface area contributed by atoms with Gasteiger partial charge in [0.1, 0.15) is 24.7 Å². The normalized spacial score (nSPS) is 12.8. The number of benzene rings is 3. The number of sulfonamides is 1. The number of hydrogen-bond donors (Lipinski definition) is 1. The van der Waals surface area contributed by atoms with Gasteiger partial charge in [0.25, 0.3) is 0 Å². The van der Waals surface area contributed by atoms with Crippen LogP contribution in [0, 0.1) is 0 Å². The number of carbonyl (C=O) groups is 1. The molecule has 3 aromatic rings. The lowest BCUT2D eigenvalue weighted by atomic mass is 10.1. The lowest BCUT2D eigenvalue weighted by molar-refractivity contribution is -0.116. The first kappa shape index (κ1) is 25.3. The van der Waals surface area contributed by atoms with E-state index in [1.54, 1.807) is 24.3 Å². The fourth-order valence-electron chi connectivity index (χ4n) is 3.77. The Labute approximate surface area is 210 Å². The Morgan fingerprint density at radius 3 is 2.42 bits per heavy atom. The molecule has 0 aliphatic carbocycles. The standard InChI is InChI=1S/C26H28N2O7S/c1-32-20-8-10-22(24(16-20)33-2)27-26(29)18-28(13-12-19-6-4-3-5-7-19)36(30,31)21-9-11-23-25(17-21)35-15-14-34-23/h3-11,16-17H,12-15,18H2,1-2H3,(H,27,29). The van der Waals surface area contributed by atoms with Crippen LogP contribution >= 0.6 is 0 Å². The number of ether oxygens (including phenoxy) is 4. The lowest BCUT2D eigenvalue weighted by Crippen LogP contribution is -2.39. The van der Waals surface area contributed by atoms with Gasteiger partial charge in [-0.1, -0.05) is 30.3 Å². The summed E-state index contributed by atoms with van der Waals surface area (Å²) in [7, 11) is -1.03. The van der Waals surface area contributed by atoms with Crippen LogP contribution in [0.25, 0.3) is 0 Å². The zero-order valence-electron chi connectivity index (χ0n) is 20.1. The van der Waals surface area contributed by atoms with Crippen LogP contribution < -0.4 is 24.3 Å². The molecule has 0 saturated carbocycles. The molecule has 0 fully saturated rings. The Bertz CT molecular complexity index is 1310. The van der Waals surface area contributed by atoms with Crippen molar-refractivity contribution >= 4 is 21.6 Å². The Hall–Kier alpha value is -3.76. The number of nitrogens with zero attached hydrogens (tertiary/aromatic N) is 1. The number of rotatable bonds is 10. The number of nitrogens with one attached hydrogen (secondary N) is 1. The van der Waals surface area contributed by atoms with Crippen LogP contribution in [-0.4, -0.2) is 59.2 Å². The van der Waals surface area contributed by atoms with Crippen molar-refractivity contribution < 1.29 is 32.2 Å². The van der Waals surface area contributed by atoms with E-state index < -0.39 is 22.5 Å². The molecule has 0 spiro atoms. The molecule has 3 aromatic carbocycles. The zero-order chi connectivity index (χ0) is 25.5. The first-order chi connectivity index (χ1) is 17.4. The second-order valence-corrected chi connectivity index (χ2v) is 9.93. The topological polar surface area (TPSA) is 103 Å². The van der Waals surface area contributed by atoms with Crippen LogP contribution in [0.5, 0.6) is 23.0 Å². The van der Waals surface area contributed by atoms with Crippen molar-refractivity contribution in [2.75, 3.05) is 45.8 Å². The smallest absolute Gasteiger partial charge is 0.243 e. The van der Waals surface area contributed by atoms with Gasteiger partial charge in [0.2, 0.25) is 15.9 Å². The molecule has 9 nitrogen and oxygen atoms in total. The Kier molecular flexibility index (Phi) is 7.97. The average molecular weight is 513 g/mol. The SMILES string of the molecule is COc1ccc(NC(=O)CN(CCc2ccccc2)S(=O)(=O)c2ccc3c(c2)OCCO3)c(OC)c1. The molecule has 1 N–H and O–H groups in total. The van der Waals surface area contributed by atoms with E-state index in [1.807, 2.05) is 30.3 Å². The summed E-state index contributed by atoms with van der Waals surface area (Å²) in [6, 6.07) is 18.9. The molecule has 1 aliphatic rings. The van der Waals surface area contributed by atoms with Gasteiger partial charge in [0.15, 0.2) is 11.5 Å². The highest BCUT2D eigenvalue weighted by Gasteiger charge is 2.28. The van der Waals surface area contributed by atoms with Gasteiger partial charge in [-0.2, -0.15) is 4.31 Å². The van der Waals surface area contributed by atoms with Crippen molar-refractivity contribution in [1.29, 1.82) is 0 Å². The summed E-state index contributed by atoms with van der Waals surface area (Å²) < 4.78 is 50.0. The van der Waals surface area contributed by atoms with Gasteiger partial charge in [-0.25, -0.2) is 8.42 Å². The predicted octanol–water partition coefficient (Wildman–Crippen LogP) is 3.35. The molecule has 0 aromatic heterocycles. The van der Waals surface area contributed by atoms with E-state index in [-0.39, 0.29) is 11.4 Å². The fraction of sp³-hybridized carbons (Fsp3) is 0.269. The van der Waals surface area contributed by atoms with Gasteiger partial charge in [0, 0.05) is 18.7 Å². The van der Waals surface area contributed by atoms with Crippen LogP contribution in [0.3, 0.4) is 0 Å². The fourth-order valence-corrected chi connectivity index (χ4v) is 5.18. The monoisotopic (exact) mass is 512 g/mol. The molecular weight excluding hydrogens is 484 g/mol. The van der Waals surface area contributed by atoms with Crippen molar-refractivity contribution in [2.24, 2.45) is 0 Å². The summed E-state index contributed by atoms with van der Waals surface area (Å²) >= 11 is 0. The van der Waals surface area contributed by atoms with E-state index in [0.29, 0.717) is 48.3 Å². The van der Waals surface area contributed by atoms with Crippen LogP contribution in [0.2, 0.25) is 0 Å². The molecular formula is C26H28N2O7S. The summed E-state index contributed by atoms with van der Waals surface area (Å²) in [6.07, 6.45) is 0.434. The number of fused-ring (bicyclic) bond motifs is 1. The van der Waals surface area contributed by atoms with E-state index in [4.69, 9.17) is 18.9 Å². The first-order valence-electron chi connectivity index (χ1n) is 11.4. The van der Waals surface area contributed by atoms with Crippen molar-refractivity contribution in [1.82, 2.24) is 4.31 Å². The molecule has 0 radical (unpaired) electrons. The summed E-state index contributed by atoms with van der Waals surface area (Å²) in [4.78, 5) is 13.0. The largest absolute Gasteiger partial charge is 0.497 e. The van der Waals surface area contributed by atoms with Gasteiger partial charge in [0.05, 0.1) is 31.3 Å². The third-order valence-corrected chi connectivity index (χ3v) is 7.49. The highest BCUT2D eigenvalue weighted by molar-refractivity contribution is 7.89. The summed E-state index contributed by atoms with van der Waals surface area (Å²) in [5, 5.41) is 2.74. The number of methoxy groups -OCH3 is 2. The Morgan fingerprint density at radius 2 is 1.69 bits per heavy atom. The Balaban J connectivity index is 1.58. The first-order valence-corrected chi connectivity index (χ1v) is 12.8. The second-order valence-electron chi connectivity index (χ2n) is 7.99. The minimum atomic E-state index is -4.03. The average Bonchev–Trinajstić information content (AvgIpc) is 2.91. The highest BCUT2D eigenvalue weighted by atomic mass is 32.2. The minimum absolute atomic E-state index is 0.0228. The quantitative estimate of drug-likeness (QED) is 0.444. The third kappa shape index (κ3) is 5.89. The summed E-state index contributed by atoms with van der Waals surface area (Å²) in [5.74, 6) is 1.30. The van der Waals surface area contributed by atoms with Crippen LogP contribution in [0.4, 0.5) is 5.69 Å². The highest BCUT2D eigenvalue weighted by Crippen LogP contribution is 2.33. The number of amides is 1. The van der Waals surface area contributed by atoms with Crippen molar-refractivity contribution in [2.45, 2.75) is 11.3 Å². The minimum Gasteiger partial charge on any atom is -0.497 e. The predicted molar refractivity (Wildman–Crippen MR) is 135 cm³/mol. The molecule has 36 heavy (non-hydrogen) atoms. The molecule has 1 heterocycles. The van der Waals surface area contributed by atoms with Crippen molar-refractivity contribution in [3.63, 3.8) is 0 Å². The number of hydrogen-bond acceptors (Lipinski definition) is 7. The second kappa shape index (κ2) is 11.3. The third-order valence-electron chi connectivity index (χ3n) is 5.65. The van der Waals surface area contributed by atoms with Gasteiger partial charge in [-0.05, 0) is 36.2 Å². The summed E-state index contributed by atoms with van der Waals surface area (Å²) in [5.41, 5.74) is 1.36. The van der Waals surface area contributed by atoms with E-state index >= 15 is 0 Å². The molecule has 0 bridgehead atoms. The molecule has 190 valence electrons. The molecule has 0 unspecified atom stereocenters. The molecule has 10 heteroatoms. The van der Waals surface area contributed by atoms with Gasteiger partial charge in [-0.15, -0.1) is 0 Å². The van der Waals surface area contributed by atoms with Gasteiger partial charge < -0.3 is 24.3 Å². The van der Waals surface area contributed by atoms with E-state index in [9.17, 15) is 13.2 Å². The van der Waals surface area contributed by atoms with Gasteiger partial charge in [-0.3, -0.25) is 4.79 Å². The maximum absolute atomic E-state index is 13.6. The number of anilines is 1. The Morgan fingerprint density at radius 1 is 0.944 bits per heavy atom. The van der Waals surface area contributed by atoms with Crippen molar-refractivity contribution in [3.05, 3.63) is 72.3 Å².